The molecule has 1 unspecified atom stereocenters. The predicted molar refractivity (Wildman–Crippen MR) is 126 cm³/mol. The van der Waals surface area contributed by atoms with Crippen LogP contribution in [0.4, 0.5) is 4.79 Å². The molecule has 0 saturated heterocycles. The molecule has 4 amide bonds. The Kier molecular flexibility index (Phi) is 8.66. The molecule has 2 aromatic rings. The Labute approximate surface area is 203 Å². The third kappa shape index (κ3) is 7.46. The van der Waals surface area contributed by atoms with Crippen LogP contribution in [0, 0.1) is 12.8 Å². The highest BCUT2D eigenvalue weighted by atomic mass is 16.6. The first-order valence-corrected chi connectivity index (χ1v) is 11.2. The number of para-hydroxylation sites is 2. The van der Waals surface area contributed by atoms with Gasteiger partial charge in [-0.25, -0.2) is 9.59 Å². The molecule has 0 radical (unpaired) electrons. The van der Waals surface area contributed by atoms with Crippen molar-refractivity contribution >= 4 is 23.8 Å². The number of hydrogen-bond donors (Lipinski definition) is 3. The van der Waals surface area contributed by atoms with Crippen molar-refractivity contribution in [3.63, 3.8) is 0 Å². The molecule has 3 rings (SSSR count). The highest BCUT2D eigenvalue weighted by molar-refractivity contribution is 5.98. The van der Waals surface area contributed by atoms with Gasteiger partial charge in [0.25, 0.3) is 11.8 Å². The second kappa shape index (κ2) is 11.9. The summed E-state index contributed by atoms with van der Waals surface area (Å²) in [6, 6.07) is 12.4. The summed E-state index contributed by atoms with van der Waals surface area (Å²) in [6.07, 6.45) is -0.424. The molecule has 35 heavy (non-hydrogen) atoms. The van der Waals surface area contributed by atoms with Crippen molar-refractivity contribution in [2.45, 2.75) is 32.9 Å². The average Bonchev–Trinajstić information content (AvgIpc) is 2.84. The van der Waals surface area contributed by atoms with E-state index in [-0.39, 0.29) is 19.1 Å². The van der Waals surface area contributed by atoms with Crippen LogP contribution in [-0.4, -0.2) is 55.7 Å². The maximum Gasteiger partial charge on any atom is 0.329 e. The molecule has 0 spiro atoms. The van der Waals surface area contributed by atoms with E-state index in [1.54, 1.807) is 44.2 Å². The second-order valence-electron chi connectivity index (χ2n) is 8.43. The van der Waals surface area contributed by atoms with Crippen molar-refractivity contribution in [2.24, 2.45) is 5.92 Å². The summed E-state index contributed by atoms with van der Waals surface area (Å²) in [7, 11) is 0. The number of urea groups is 1. The molecule has 1 aliphatic heterocycles. The number of nitrogens with one attached hydrogen (secondary N) is 3. The lowest BCUT2D eigenvalue weighted by atomic mass is 10.0. The number of amides is 4. The number of carbonyl (C=O) groups excluding carboxylic acids is 4. The molecule has 0 fully saturated rings. The average molecular weight is 484 g/mol. The topological polar surface area (TPSA) is 132 Å². The maximum atomic E-state index is 12.5. The molecule has 10 nitrogen and oxygen atoms in total. The second-order valence-corrected chi connectivity index (χ2v) is 8.43. The minimum Gasteiger partial charge on any atom is -0.486 e. The van der Waals surface area contributed by atoms with Crippen molar-refractivity contribution < 1.29 is 33.4 Å². The summed E-state index contributed by atoms with van der Waals surface area (Å²) in [4.78, 5) is 49.1. The molecule has 10 heteroatoms. The smallest absolute Gasteiger partial charge is 0.329 e. The largest absolute Gasteiger partial charge is 0.486 e. The van der Waals surface area contributed by atoms with Gasteiger partial charge in [-0.1, -0.05) is 43.7 Å². The van der Waals surface area contributed by atoms with E-state index in [1.165, 1.54) is 0 Å². The summed E-state index contributed by atoms with van der Waals surface area (Å²) in [6.45, 7) is 5.01. The Balaban J connectivity index is 1.41. The fourth-order valence-corrected chi connectivity index (χ4v) is 3.31. The Morgan fingerprint density at radius 2 is 1.80 bits per heavy atom. The highest BCUT2D eigenvalue weighted by Gasteiger charge is 2.27. The summed E-state index contributed by atoms with van der Waals surface area (Å²) >= 11 is 0. The van der Waals surface area contributed by atoms with E-state index < -0.39 is 42.6 Å². The minimum atomic E-state index is -0.962. The van der Waals surface area contributed by atoms with Gasteiger partial charge in [0.2, 0.25) is 0 Å². The molecule has 0 saturated carbocycles. The van der Waals surface area contributed by atoms with Gasteiger partial charge in [-0.3, -0.25) is 14.9 Å². The molecule has 0 aliphatic carbocycles. The SMILES string of the molecule is Cc1cccc(C(=O)N[C@H](C(=O)OCC(=O)NC(=O)NCC2COc3ccccc3O2)C(C)C)c1. The first-order chi connectivity index (χ1) is 16.7. The zero-order valence-electron chi connectivity index (χ0n) is 19.8. The van der Waals surface area contributed by atoms with Gasteiger partial charge in [0, 0.05) is 5.56 Å². The fourth-order valence-electron chi connectivity index (χ4n) is 3.31. The number of benzene rings is 2. The van der Waals surface area contributed by atoms with Crippen LogP contribution < -0.4 is 25.4 Å². The zero-order chi connectivity index (χ0) is 25.4. The van der Waals surface area contributed by atoms with E-state index in [0.29, 0.717) is 17.1 Å². The number of imide groups is 1. The normalized spacial score (nSPS) is 15.0. The van der Waals surface area contributed by atoms with E-state index in [0.717, 1.165) is 5.56 Å². The van der Waals surface area contributed by atoms with Crippen LogP contribution in [0.1, 0.15) is 29.8 Å². The van der Waals surface area contributed by atoms with E-state index in [9.17, 15) is 19.2 Å². The number of aryl methyl sites for hydroxylation is 1. The van der Waals surface area contributed by atoms with Gasteiger partial charge >= 0.3 is 12.0 Å². The molecule has 2 aromatic carbocycles. The van der Waals surface area contributed by atoms with E-state index in [4.69, 9.17) is 14.2 Å². The van der Waals surface area contributed by atoms with Crippen molar-refractivity contribution in [2.75, 3.05) is 19.8 Å². The zero-order valence-corrected chi connectivity index (χ0v) is 19.8. The number of ether oxygens (including phenoxy) is 3. The molecule has 1 heterocycles. The molecule has 186 valence electrons. The standard InChI is InChI=1S/C25H29N3O7/c1-15(2)22(28-23(30)17-8-6-7-16(3)11-17)24(31)34-14-21(29)27-25(32)26-12-18-13-33-19-9-4-5-10-20(19)35-18/h4-11,15,18,22H,12-14H2,1-3H3,(H,28,30)(H2,26,27,29,32)/t18?,22-/m0/s1. The van der Waals surface area contributed by atoms with Gasteiger partial charge in [-0.05, 0) is 37.1 Å². The summed E-state index contributed by atoms with van der Waals surface area (Å²) < 4.78 is 16.3. The van der Waals surface area contributed by atoms with Crippen LogP contribution in [0.15, 0.2) is 48.5 Å². The quantitative estimate of drug-likeness (QED) is 0.489. The highest BCUT2D eigenvalue weighted by Crippen LogP contribution is 2.30. The van der Waals surface area contributed by atoms with Gasteiger partial charge in [0.05, 0.1) is 6.54 Å². The Morgan fingerprint density at radius 3 is 2.51 bits per heavy atom. The third-order valence-corrected chi connectivity index (χ3v) is 5.14. The molecule has 0 aromatic heterocycles. The Hall–Kier alpha value is -4.08. The molecule has 0 bridgehead atoms. The Morgan fingerprint density at radius 1 is 1.06 bits per heavy atom. The monoisotopic (exact) mass is 483 g/mol. The predicted octanol–water partition coefficient (Wildman–Crippen LogP) is 1.96. The number of fused-ring (bicyclic) bond motifs is 1. The van der Waals surface area contributed by atoms with Gasteiger partial charge in [0.15, 0.2) is 24.2 Å². The van der Waals surface area contributed by atoms with Crippen LogP contribution >= 0.6 is 0 Å². The van der Waals surface area contributed by atoms with Crippen LogP contribution in [0.3, 0.4) is 0 Å². The van der Waals surface area contributed by atoms with Gasteiger partial charge in [0.1, 0.15) is 12.6 Å². The lowest BCUT2D eigenvalue weighted by Gasteiger charge is -2.26. The van der Waals surface area contributed by atoms with Crippen LogP contribution in [0.5, 0.6) is 11.5 Å². The number of hydrogen-bond acceptors (Lipinski definition) is 7. The number of carbonyl (C=O) groups is 4. The first kappa shape index (κ1) is 25.5. The van der Waals surface area contributed by atoms with Crippen LogP contribution in [0.25, 0.3) is 0 Å². The lowest BCUT2D eigenvalue weighted by Crippen LogP contribution is -2.48. The summed E-state index contributed by atoms with van der Waals surface area (Å²) in [5.74, 6) is -1.10. The third-order valence-electron chi connectivity index (χ3n) is 5.14. The van der Waals surface area contributed by atoms with E-state index >= 15 is 0 Å². The number of rotatable bonds is 8. The van der Waals surface area contributed by atoms with Gasteiger partial charge in [-0.15, -0.1) is 0 Å². The minimum absolute atomic E-state index is 0.105. The van der Waals surface area contributed by atoms with E-state index in [1.807, 2.05) is 25.1 Å². The van der Waals surface area contributed by atoms with Crippen LogP contribution in [0.2, 0.25) is 0 Å². The van der Waals surface area contributed by atoms with E-state index in [2.05, 4.69) is 16.0 Å². The van der Waals surface area contributed by atoms with Crippen molar-refractivity contribution in [3.8, 4) is 11.5 Å². The molecule has 3 N–H and O–H groups in total. The molecular weight excluding hydrogens is 454 g/mol. The fraction of sp³-hybridized carbons (Fsp3) is 0.360. The van der Waals surface area contributed by atoms with Crippen molar-refractivity contribution in [1.29, 1.82) is 0 Å². The van der Waals surface area contributed by atoms with Gasteiger partial charge in [-0.2, -0.15) is 0 Å². The summed E-state index contributed by atoms with van der Waals surface area (Å²) in [5, 5.41) is 7.24. The molecular formula is C25H29N3O7. The lowest BCUT2D eigenvalue weighted by molar-refractivity contribution is -0.151. The maximum absolute atomic E-state index is 12.5. The van der Waals surface area contributed by atoms with Crippen molar-refractivity contribution in [3.05, 3.63) is 59.7 Å². The molecule has 2 atom stereocenters. The molecule has 1 aliphatic rings. The van der Waals surface area contributed by atoms with Gasteiger partial charge < -0.3 is 24.8 Å². The summed E-state index contributed by atoms with van der Waals surface area (Å²) in [5.41, 5.74) is 1.32. The number of esters is 1. The first-order valence-electron chi connectivity index (χ1n) is 11.2. The van der Waals surface area contributed by atoms with Crippen molar-refractivity contribution in [1.82, 2.24) is 16.0 Å². The van der Waals surface area contributed by atoms with Crippen LogP contribution in [-0.2, 0) is 14.3 Å². The Bertz CT molecular complexity index is 1090.